The zero-order valence-corrected chi connectivity index (χ0v) is 11.7. The molecule has 2 aliphatic heterocycles. The van der Waals surface area contributed by atoms with Crippen LogP contribution in [0.1, 0.15) is 26.8 Å². The first-order valence-electron chi connectivity index (χ1n) is 8.76. The van der Waals surface area contributed by atoms with Gasteiger partial charge in [0.25, 0.3) is 0 Å². The monoisotopic (exact) mass is 284 g/mol. The molecule has 2 unspecified atom stereocenters. The summed E-state index contributed by atoms with van der Waals surface area (Å²) in [6, 6.07) is 11.7. The summed E-state index contributed by atoms with van der Waals surface area (Å²) in [7, 11) is 0. The van der Waals surface area contributed by atoms with Crippen LogP contribution in [0.4, 0.5) is 5.82 Å². The highest BCUT2D eigenvalue weighted by atomic mass is 16.5. The Morgan fingerprint density at radius 2 is 2.14 bits per heavy atom. The van der Waals surface area contributed by atoms with E-state index in [-0.39, 0.29) is 19.1 Å². The Bertz CT molecular complexity index is 780. The average Bonchev–Trinajstić information content (AvgIpc) is 2.68. The SMILES string of the molecule is [2H]C([2H])([2H])[N+]1([O-])CCN2c3ncccc3Cc3ccccc3C2C1. The molecule has 1 aromatic heterocycles. The Morgan fingerprint density at radius 1 is 1.29 bits per heavy atom. The molecule has 0 radical (unpaired) electrons. The lowest BCUT2D eigenvalue weighted by Crippen LogP contribution is -2.55. The van der Waals surface area contributed by atoms with E-state index in [1.54, 1.807) is 6.20 Å². The molecule has 21 heavy (non-hydrogen) atoms. The number of hydrogen-bond donors (Lipinski definition) is 0. The highest BCUT2D eigenvalue weighted by Gasteiger charge is 2.37. The van der Waals surface area contributed by atoms with Gasteiger partial charge < -0.3 is 14.8 Å². The zero-order valence-electron chi connectivity index (χ0n) is 14.7. The van der Waals surface area contributed by atoms with Crippen LogP contribution in [0, 0.1) is 5.21 Å². The van der Waals surface area contributed by atoms with Crippen molar-refractivity contribution in [1.29, 1.82) is 0 Å². The summed E-state index contributed by atoms with van der Waals surface area (Å²) in [4.78, 5) is 6.65. The molecule has 3 heterocycles. The molecule has 1 aromatic carbocycles. The first-order valence-corrected chi connectivity index (χ1v) is 7.26. The molecule has 0 aliphatic carbocycles. The summed E-state index contributed by atoms with van der Waals surface area (Å²) in [6.45, 7) is -2.10. The molecule has 0 bridgehead atoms. The van der Waals surface area contributed by atoms with Crippen molar-refractivity contribution in [1.82, 2.24) is 4.98 Å². The third-order valence-corrected chi connectivity index (χ3v) is 4.48. The number of rotatable bonds is 0. The van der Waals surface area contributed by atoms with Crippen LogP contribution in [0.15, 0.2) is 42.6 Å². The maximum absolute atomic E-state index is 13.0. The van der Waals surface area contributed by atoms with Crippen LogP contribution >= 0.6 is 0 Å². The Balaban J connectivity index is 1.85. The highest BCUT2D eigenvalue weighted by molar-refractivity contribution is 5.55. The first-order chi connectivity index (χ1) is 11.4. The van der Waals surface area contributed by atoms with Crippen LogP contribution in [0.2, 0.25) is 0 Å². The second kappa shape index (κ2) is 4.55. The molecule has 1 fully saturated rings. The Morgan fingerprint density at radius 3 is 3.05 bits per heavy atom. The number of likely N-dealkylation sites (N-methyl/N-ethyl adjacent to an activating group) is 1. The van der Waals surface area contributed by atoms with E-state index >= 15 is 0 Å². The maximum Gasteiger partial charge on any atom is 0.132 e. The van der Waals surface area contributed by atoms with E-state index in [9.17, 15) is 5.21 Å². The summed E-state index contributed by atoms with van der Waals surface area (Å²) in [5.41, 5.74) is 3.29. The lowest BCUT2D eigenvalue weighted by Gasteiger charge is -2.49. The van der Waals surface area contributed by atoms with Gasteiger partial charge in [-0.05, 0) is 22.8 Å². The lowest BCUT2D eigenvalue weighted by atomic mass is 9.96. The second-order valence-electron chi connectivity index (χ2n) is 5.87. The molecular weight excluding hydrogens is 262 g/mol. The Kier molecular flexibility index (Phi) is 2.15. The number of piperazine rings is 1. The summed E-state index contributed by atoms with van der Waals surface area (Å²) >= 11 is 0. The molecule has 0 saturated carbocycles. The van der Waals surface area contributed by atoms with Crippen LogP contribution < -0.4 is 4.90 Å². The molecule has 4 heteroatoms. The van der Waals surface area contributed by atoms with Crippen molar-refractivity contribution in [2.24, 2.45) is 0 Å². The van der Waals surface area contributed by atoms with Gasteiger partial charge in [0, 0.05) is 12.6 Å². The van der Waals surface area contributed by atoms with Gasteiger partial charge in [-0.15, -0.1) is 0 Å². The van der Waals surface area contributed by atoms with E-state index in [4.69, 9.17) is 4.11 Å². The van der Waals surface area contributed by atoms with Crippen molar-refractivity contribution >= 4 is 5.82 Å². The van der Waals surface area contributed by atoms with Gasteiger partial charge >= 0.3 is 0 Å². The fourth-order valence-electron chi connectivity index (χ4n) is 3.47. The number of nitrogens with zero attached hydrogens (tertiary/aromatic N) is 3. The quantitative estimate of drug-likeness (QED) is 0.551. The molecule has 4 nitrogen and oxygen atoms in total. The Hall–Kier alpha value is -1.91. The summed E-state index contributed by atoms with van der Waals surface area (Å²) in [6.07, 6.45) is 2.50. The molecule has 0 amide bonds. The minimum Gasteiger partial charge on any atom is -0.633 e. The van der Waals surface area contributed by atoms with Crippen molar-refractivity contribution in [2.75, 3.05) is 31.5 Å². The smallest absolute Gasteiger partial charge is 0.132 e. The normalized spacial score (nSPS) is 30.0. The predicted molar refractivity (Wildman–Crippen MR) is 82.9 cm³/mol. The topological polar surface area (TPSA) is 39.2 Å². The number of pyridine rings is 1. The number of benzene rings is 1. The number of anilines is 1. The molecular formula is C17H19N3O. The molecule has 0 spiro atoms. The second-order valence-corrected chi connectivity index (χ2v) is 5.87. The summed E-state index contributed by atoms with van der Waals surface area (Å²) < 4.78 is 21.9. The van der Waals surface area contributed by atoms with E-state index in [0.717, 1.165) is 28.9 Å². The van der Waals surface area contributed by atoms with Crippen LogP contribution in [-0.4, -0.2) is 36.2 Å². The van der Waals surface area contributed by atoms with Gasteiger partial charge in [-0.2, -0.15) is 0 Å². The molecule has 2 aliphatic rings. The van der Waals surface area contributed by atoms with Gasteiger partial charge in [0.2, 0.25) is 0 Å². The minimum absolute atomic E-state index is 0.0174. The highest BCUT2D eigenvalue weighted by Crippen LogP contribution is 2.38. The van der Waals surface area contributed by atoms with Crippen LogP contribution in [0.3, 0.4) is 0 Å². The van der Waals surface area contributed by atoms with E-state index in [0.29, 0.717) is 6.54 Å². The first kappa shape index (κ1) is 9.92. The molecule has 4 rings (SSSR count). The molecule has 1 saturated heterocycles. The fraction of sp³-hybridized carbons (Fsp3) is 0.353. The largest absolute Gasteiger partial charge is 0.633 e. The standard InChI is InChI=1S/C17H19N3O/c1-20(21)10-9-19-16(12-20)15-7-3-2-5-13(15)11-14-6-4-8-18-17(14)19/h2-8,16H,9-12H2,1H3/i1D3. The van der Waals surface area contributed by atoms with Crippen molar-refractivity contribution < 1.29 is 8.76 Å². The Labute approximate surface area is 129 Å². The van der Waals surface area contributed by atoms with Crippen molar-refractivity contribution in [3.8, 4) is 0 Å². The molecule has 2 aromatic rings. The van der Waals surface area contributed by atoms with E-state index in [1.807, 2.05) is 24.3 Å². The van der Waals surface area contributed by atoms with Gasteiger partial charge in [-0.1, -0.05) is 30.3 Å². The van der Waals surface area contributed by atoms with Gasteiger partial charge in [-0.3, -0.25) is 0 Å². The van der Waals surface area contributed by atoms with Gasteiger partial charge in [0.05, 0.1) is 24.2 Å². The van der Waals surface area contributed by atoms with Gasteiger partial charge in [-0.25, -0.2) is 4.98 Å². The van der Waals surface area contributed by atoms with E-state index in [1.165, 1.54) is 0 Å². The van der Waals surface area contributed by atoms with Gasteiger partial charge in [0.1, 0.15) is 18.4 Å². The molecule has 108 valence electrons. The predicted octanol–water partition coefficient (Wildman–Crippen LogP) is 2.49. The minimum atomic E-state index is -2.56. The number of hydroxylamine groups is 3. The van der Waals surface area contributed by atoms with Gasteiger partial charge in [0.15, 0.2) is 0 Å². The molecule has 2 atom stereocenters. The fourth-order valence-corrected chi connectivity index (χ4v) is 3.47. The number of aromatic nitrogens is 1. The van der Waals surface area contributed by atoms with Crippen molar-refractivity contribution in [3.63, 3.8) is 0 Å². The van der Waals surface area contributed by atoms with E-state index < -0.39 is 11.6 Å². The average molecular weight is 284 g/mol. The number of hydrogen-bond acceptors (Lipinski definition) is 3. The number of quaternary nitrogens is 1. The zero-order chi connectivity index (χ0) is 16.9. The molecule has 0 N–H and O–H groups in total. The van der Waals surface area contributed by atoms with Crippen LogP contribution in [0.25, 0.3) is 0 Å². The van der Waals surface area contributed by atoms with Crippen molar-refractivity contribution in [3.05, 3.63) is 64.5 Å². The third kappa shape index (κ3) is 2.11. The third-order valence-electron chi connectivity index (χ3n) is 4.48. The summed E-state index contributed by atoms with van der Waals surface area (Å²) in [5, 5.41) is 13.0. The van der Waals surface area contributed by atoms with E-state index in [2.05, 4.69) is 22.0 Å². The summed E-state index contributed by atoms with van der Waals surface area (Å²) in [5.74, 6) is 0.871. The van der Waals surface area contributed by atoms with Crippen LogP contribution in [-0.2, 0) is 6.42 Å². The van der Waals surface area contributed by atoms with Crippen LogP contribution in [0.5, 0.6) is 0 Å². The number of fused-ring (bicyclic) bond motifs is 5. The maximum atomic E-state index is 13.0. The van der Waals surface area contributed by atoms with Crippen molar-refractivity contribution in [2.45, 2.75) is 12.5 Å². The lowest BCUT2D eigenvalue weighted by molar-refractivity contribution is -0.864.